The molecule has 1 aromatic heterocycles. The molecule has 0 radical (unpaired) electrons. The van der Waals surface area contributed by atoms with Crippen LogP contribution in [0.5, 0.6) is 0 Å². The molecular formula is C16H23N3O3. The molecule has 2 saturated carbocycles. The van der Waals surface area contributed by atoms with Crippen LogP contribution in [0.2, 0.25) is 0 Å². The number of hydrogen-bond acceptors (Lipinski definition) is 4. The Morgan fingerprint density at radius 1 is 1.41 bits per heavy atom. The molecule has 3 atom stereocenters. The monoisotopic (exact) mass is 305 g/mol. The summed E-state index contributed by atoms with van der Waals surface area (Å²) in [6.07, 6.45) is 5.08. The summed E-state index contributed by atoms with van der Waals surface area (Å²) in [6.45, 7) is 5.05. The van der Waals surface area contributed by atoms with E-state index in [1.165, 1.54) is 19.3 Å². The van der Waals surface area contributed by atoms with Crippen LogP contribution in [0.15, 0.2) is 4.52 Å². The Hall–Kier alpha value is -1.56. The highest BCUT2D eigenvalue weighted by Crippen LogP contribution is 2.62. The molecule has 1 aliphatic heterocycles. The van der Waals surface area contributed by atoms with Gasteiger partial charge in [-0.05, 0) is 33.1 Å². The Morgan fingerprint density at radius 3 is 2.86 bits per heavy atom. The van der Waals surface area contributed by atoms with Gasteiger partial charge in [-0.1, -0.05) is 11.6 Å². The molecule has 3 fully saturated rings. The van der Waals surface area contributed by atoms with E-state index in [1.807, 2.05) is 13.8 Å². The van der Waals surface area contributed by atoms with Crippen LogP contribution >= 0.6 is 0 Å². The molecule has 4 rings (SSSR count). The van der Waals surface area contributed by atoms with Gasteiger partial charge in [0.15, 0.2) is 0 Å². The zero-order chi connectivity index (χ0) is 15.3. The SMILES string of the molecule is Cc1noc(C)c1CNC(=O)N[C@@H]1[C@@H]2CCO[C@H]2C12CCC2. The number of aryl methyl sites for hydroxylation is 2. The van der Waals surface area contributed by atoms with E-state index >= 15 is 0 Å². The largest absolute Gasteiger partial charge is 0.377 e. The van der Waals surface area contributed by atoms with Crippen molar-refractivity contribution in [2.75, 3.05) is 6.61 Å². The normalized spacial score (nSPS) is 31.3. The van der Waals surface area contributed by atoms with Crippen molar-refractivity contribution >= 4 is 6.03 Å². The first kappa shape index (κ1) is 14.1. The van der Waals surface area contributed by atoms with Crippen molar-refractivity contribution in [2.45, 2.75) is 58.2 Å². The van der Waals surface area contributed by atoms with Gasteiger partial charge in [-0.3, -0.25) is 0 Å². The van der Waals surface area contributed by atoms with Crippen LogP contribution in [0.25, 0.3) is 0 Å². The van der Waals surface area contributed by atoms with E-state index in [2.05, 4.69) is 15.8 Å². The fraction of sp³-hybridized carbons (Fsp3) is 0.750. The minimum atomic E-state index is -0.0957. The van der Waals surface area contributed by atoms with Crippen LogP contribution in [0.4, 0.5) is 4.79 Å². The summed E-state index contributed by atoms with van der Waals surface area (Å²) >= 11 is 0. The number of fused-ring (bicyclic) bond motifs is 2. The Balaban J connectivity index is 1.36. The summed E-state index contributed by atoms with van der Waals surface area (Å²) in [6, 6.07) is 0.181. The smallest absolute Gasteiger partial charge is 0.315 e. The Bertz CT molecular complexity index is 574. The number of ether oxygens (including phenoxy) is 1. The fourth-order valence-corrected chi connectivity index (χ4v) is 4.57. The molecule has 3 aliphatic rings. The summed E-state index contributed by atoms with van der Waals surface area (Å²) < 4.78 is 11.0. The number of rotatable bonds is 3. The molecule has 2 amide bonds. The number of carbonyl (C=O) groups is 1. The van der Waals surface area contributed by atoms with Gasteiger partial charge in [-0.25, -0.2) is 4.79 Å². The maximum Gasteiger partial charge on any atom is 0.315 e. The third kappa shape index (κ3) is 1.89. The molecule has 2 heterocycles. The van der Waals surface area contributed by atoms with Gasteiger partial charge in [0.2, 0.25) is 0 Å². The van der Waals surface area contributed by atoms with Gasteiger partial charge in [0.05, 0.1) is 11.8 Å². The van der Waals surface area contributed by atoms with E-state index in [0.29, 0.717) is 18.6 Å². The van der Waals surface area contributed by atoms with Gasteiger partial charge >= 0.3 is 6.03 Å². The van der Waals surface area contributed by atoms with E-state index in [0.717, 1.165) is 30.0 Å². The van der Waals surface area contributed by atoms with Gasteiger partial charge < -0.3 is 19.9 Å². The summed E-state index contributed by atoms with van der Waals surface area (Å²) in [7, 11) is 0. The average molecular weight is 305 g/mol. The molecule has 1 saturated heterocycles. The Labute approximate surface area is 129 Å². The molecule has 1 spiro atoms. The lowest BCUT2D eigenvalue weighted by Crippen LogP contribution is -2.72. The predicted molar refractivity (Wildman–Crippen MR) is 79.3 cm³/mol. The molecule has 6 heteroatoms. The number of nitrogens with one attached hydrogen (secondary N) is 2. The van der Waals surface area contributed by atoms with Crippen LogP contribution in [0.3, 0.4) is 0 Å². The summed E-state index contributed by atoms with van der Waals surface area (Å²) in [4.78, 5) is 12.3. The van der Waals surface area contributed by atoms with Gasteiger partial charge in [-0.15, -0.1) is 0 Å². The first-order valence-electron chi connectivity index (χ1n) is 8.19. The van der Waals surface area contributed by atoms with E-state index in [1.54, 1.807) is 0 Å². The van der Waals surface area contributed by atoms with Crippen LogP contribution in [-0.4, -0.2) is 29.9 Å². The number of aromatic nitrogens is 1. The maximum atomic E-state index is 12.3. The van der Waals surface area contributed by atoms with Gasteiger partial charge in [0.25, 0.3) is 0 Å². The third-order valence-electron chi connectivity index (χ3n) is 5.93. The van der Waals surface area contributed by atoms with Crippen molar-refractivity contribution in [3.05, 3.63) is 17.0 Å². The summed E-state index contributed by atoms with van der Waals surface area (Å²) in [5.74, 6) is 1.27. The molecule has 2 aliphatic carbocycles. The average Bonchev–Trinajstić information content (AvgIpc) is 2.99. The minimum Gasteiger partial charge on any atom is -0.377 e. The number of urea groups is 1. The van der Waals surface area contributed by atoms with Crippen molar-refractivity contribution < 1.29 is 14.1 Å². The zero-order valence-corrected chi connectivity index (χ0v) is 13.1. The standard InChI is InChI=1S/C16H23N3O3/c1-9-12(10(2)22-19-9)8-17-15(20)18-13-11-4-7-21-14(11)16(13)5-3-6-16/h11,13-14H,3-8H2,1-2H3,(H2,17,18,20)/t11-,13+,14+/m0/s1. The molecule has 0 aromatic carbocycles. The first-order valence-corrected chi connectivity index (χ1v) is 8.19. The highest BCUT2D eigenvalue weighted by Gasteiger charge is 2.66. The Morgan fingerprint density at radius 2 is 2.23 bits per heavy atom. The fourth-order valence-electron chi connectivity index (χ4n) is 4.57. The van der Waals surface area contributed by atoms with Crippen LogP contribution in [0, 0.1) is 25.2 Å². The van der Waals surface area contributed by atoms with E-state index in [9.17, 15) is 4.79 Å². The predicted octanol–water partition coefficient (Wildman–Crippen LogP) is 2.05. The summed E-state index contributed by atoms with van der Waals surface area (Å²) in [5, 5.41) is 10.0. The van der Waals surface area contributed by atoms with Crippen molar-refractivity contribution in [2.24, 2.45) is 11.3 Å². The number of nitrogens with zero attached hydrogens (tertiary/aromatic N) is 1. The first-order chi connectivity index (χ1) is 10.6. The van der Waals surface area contributed by atoms with Crippen LogP contribution in [-0.2, 0) is 11.3 Å². The molecule has 22 heavy (non-hydrogen) atoms. The lowest BCUT2D eigenvalue weighted by Gasteiger charge is -2.63. The van der Waals surface area contributed by atoms with E-state index in [4.69, 9.17) is 9.26 Å². The second-order valence-electron chi connectivity index (χ2n) is 6.94. The summed E-state index contributed by atoms with van der Waals surface area (Å²) in [5.41, 5.74) is 2.02. The van der Waals surface area contributed by atoms with Crippen LogP contribution < -0.4 is 10.6 Å². The van der Waals surface area contributed by atoms with E-state index < -0.39 is 0 Å². The molecule has 0 bridgehead atoms. The van der Waals surface area contributed by atoms with Gasteiger partial charge in [0, 0.05) is 36.1 Å². The topological polar surface area (TPSA) is 76.4 Å². The zero-order valence-electron chi connectivity index (χ0n) is 13.1. The highest BCUT2D eigenvalue weighted by atomic mass is 16.5. The second kappa shape index (κ2) is 4.98. The molecule has 1 aromatic rings. The second-order valence-corrected chi connectivity index (χ2v) is 6.94. The number of amides is 2. The lowest BCUT2D eigenvalue weighted by molar-refractivity contribution is -0.172. The van der Waals surface area contributed by atoms with Gasteiger partial charge in [0.1, 0.15) is 5.76 Å². The molecule has 2 N–H and O–H groups in total. The Kier molecular flexibility index (Phi) is 3.18. The van der Waals surface area contributed by atoms with Crippen molar-refractivity contribution in [1.29, 1.82) is 0 Å². The lowest BCUT2D eigenvalue weighted by atomic mass is 9.46. The number of carbonyl (C=O) groups excluding carboxylic acids is 1. The van der Waals surface area contributed by atoms with Crippen molar-refractivity contribution in [3.63, 3.8) is 0 Å². The third-order valence-corrected chi connectivity index (χ3v) is 5.93. The molecule has 120 valence electrons. The molecular weight excluding hydrogens is 282 g/mol. The van der Waals surface area contributed by atoms with E-state index in [-0.39, 0.29) is 17.5 Å². The highest BCUT2D eigenvalue weighted by molar-refractivity contribution is 5.74. The van der Waals surface area contributed by atoms with Crippen molar-refractivity contribution in [3.8, 4) is 0 Å². The van der Waals surface area contributed by atoms with Crippen molar-refractivity contribution in [1.82, 2.24) is 15.8 Å². The quantitative estimate of drug-likeness (QED) is 0.896. The molecule has 6 nitrogen and oxygen atoms in total. The molecule has 0 unspecified atom stereocenters. The van der Waals surface area contributed by atoms with Crippen LogP contribution in [0.1, 0.15) is 42.7 Å². The number of hydrogen-bond donors (Lipinski definition) is 2. The van der Waals surface area contributed by atoms with Gasteiger partial charge in [-0.2, -0.15) is 0 Å². The maximum absolute atomic E-state index is 12.3. The minimum absolute atomic E-state index is 0.0957.